The summed E-state index contributed by atoms with van der Waals surface area (Å²) in [7, 11) is 0. The zero-order valence-electron chi connectivity index (χ0n) is 11.2. The van der Waals surface area contributed by atoms with E-state index in [0.29, 0.717) is 22.2 Å². The Balaban J connectivity index is 2.25. The molecule has 2 heterocycles. The van der Waals surface area contributed by atoms with E-state index in [1.165, 1.54) is 6.92 Å². The highest BCUT2D eigenvalue weighted by molar-refractivity contribution is 5.93. The zero-order chi connectivity index (χ0) is 14.3. The summed E-state index contributed by atoms with van der Waals surface area (Å²) in [5, 5.41) is 12.2. The highest BCUT2D eigenvalue weighted by Crippen LogP contribution is 2.17. The van der Waals surface area contributed by atoms with Crippen molar-refractivity contribution in [3.05, 3.63) is 45.8 Å². The van der Waals surface area contributed by atoms with Gasteiger partial charge in [0.15, 0.2) is 0 Å². The van der Waals surface area contributed by atoms with Crippen LogP contribution in [0.3, 0.4) is 0 Å². The van der Waals surface area contributed by atoms with Gasteiger partial charge in [-0.05, 0) is 25.8 Å². The molecule has 0 radical (unpaired) electrons. The van der Waals surface area contributed by atoms with Crippen LogP contribution in [-0.4, -0.2) is 28.6 Å². The van der Waals surface area contributed by atoms with Crippen LogP contribution in [-0.2, 0) is 0 Å². The molecule has 1 amide bonds. The first-order chi connectivity index (χ1) is 9.61. The molecule has 0 aliphatic carbocycles. The fourth-order valence-electron chi connectivity index (χ4n) is 2.66. The number of nitrogens with zero attached hydrogens (tertiary/aromatic N) is 3. The van der Waals surface area contributed by atoms with E-state index < -0.39 is 0 Å². The lowest BCUT2D eigenvalue weighted by atomic mass is 10.2. The first kappa shape index (κ1) is 12.7. The Kier molecular flexibility index (Phi) is 2.93. The van der Waals surface area contributed by atoms with Crippen LogP contribution in [0.2, 0.25) is 0 Å². The van der Waals surface area contributed by atoms with Crippen molar-refractivity contribution in [3.8, 4) is 0 Å². The lowest BCUT2D eigenvalue weighted by Crippen LogP contribution is -2.38. The Labute approximate surface area is 115 Å². The van der Waals surface area contributed by atoms with Gasteiger partial charge in [-0.2, -0.15) is 0 Å². The van der Waals surface area contributed by atoms with Gasteiger partial charge < -0.3 is 14.8 Å². The number of hydrogen-bond acceptors (Lipinski definition) is 3. The van der Waals surface area contributed by atoms with Crippen LogP contribution in [0.5, 0.6) is 0 Å². The number of benzene rings is 1. The molecule has 1 aliphatic rings. The molecule has 6 heteroatoms. The minimum Gasteiger partial charge on any atom is -0.805 e. The molecule has 2 aromatic rings. The van der Waals surface area contributed by atoms with Crippen molar-refractivity contribution < 1.29 is 9.22 Å². The molecule has 0 unspecified atom stereocenters. The minimum absolute atomic E-state index is 0.0689. The maximum absolute atomic E-state index is 12.4. The molecule has 1 fully saturated rings. The zero-order valence-corrected chi connectivity index (χ0v) is 11.2. The molecular weight excluding hydrogens is 258 g/mol. The molecular formula is C14H15N3O3. The van der Waals surface area contributed by atoms with Gasteiger partial charge in [-0.25, -0.2) is 0 Å². The summed E-state index contributed by atoms with van der Waals surface area (Å²) >= 11 is 0. The topological polar surface area (TPSA) is 71.3 Å². The van der Waals surface area contributed by atoms with E-state index in [1.807, 2.05) is 0 Å². The average Bonchev–Trinajstić information content (AvgIpc) is 2.99. The number of carbonyl (C=O) groups is 1. The summed E-state index contributed by atoms with van der Waals surface area (Å²) in [5.74, 6) is -0.356. The molecule has 0 atom stereocenters. The third-order valence-corrected chi connectivity index (χ3v) is 3.77. The Morgan fingerprint density at radius 2 is 1.90 bits per heavy atom. The molecule has 20 heavy (non-hydrogen) atoms. The van der Waals surface area contributed by atoms with Crippen molar-refractivity contribution in [2.45, 2.75) is 19.8 Å². The van der Waals surface area contributed by atoms with Crippen molar-refractivity contribution in [1.82, 2.24) is 9.63 Å². The smallest absolute Gasteiger partial charge is 0.346 e. The predicted octanol–water partition coefficient (Wildman–Crippen LogP) is 1.45. The van der Waals surface area contributed by atoms with Gasteiger partial charge in [-0.3, -0.25) is 4.79 Å². The Hall–Kier alpha value is -2.37. The monoisotopic (exact) mass is 273 g/mol. The Morgan fingerprint density at radius 3 is 2.60 bits per heavy atom. The lowest BCUT2D eigenvalue weighted by molar-refractivity contribution is -0.468. The molecule has 1 aromatic carbocycles. The van der Waals surface area contributed by atoms with Gasteiger partial charge in [0.05, 0.1) is 10.1 Å². The Bertz CT molecular complexity index is 745. The van der Waals surface area contributed by atoms with Crippen molar-refractivity contribution in [1.29, 1.82) is 0 Å². The van der Waals surface area contributed by atoms with Crippen molar-refractivity contribution in [2.24, 2.45) is 0 Å². The first-order valence-corrected chi connectivity index (χ1v) is 6.65. The van der Waals surface area contributed by atoms with Crippen LogP contribution < -0.4 is 4.43 Å². The molecule has 104 valence electrons. The number of likely N-dealkylation sites (tertiary alicyclic amines) is 1. The van der Waals surface area contributed by atoms with E-state index >= 15 is 0 Å². The standard InChI is InChI=1S/C14H15N3O3/c1-10-13(14(18)15-8-4-5-9-15)17(20)12-7-3-2-6-11(12)16(10)19/h2-3,6-7H,4-5,8-9H2,1H3. The molecule has 0 saturated carbocycles. The summed E-state index contributed by atoms with van der Waals surface area (Å²) in [6, 6.07) is 6.50. The third-order valence-electron chi connectivity index (χ3n) is 3.77. The second-order valence-electron chi connectivity index (χ2n) is 5.01. The maximum atomic E-state index is 12.4. The highest BCUT2D eigenvalue weighted by atomic mass is 16.5. The first-order valence-electron chi connectivity index (χ1n) is 6.65. The third kappa shape index (κ3) is 1.76. The highest BCUT2D eigenvalue weighted by Gasteiger charge is 2.32. The number of carbonyl (C=O) groups excluding carboxylic acids is 1. The fraction of sp³-hybridized carbons (Fsp3) is 0.357. The van der Waals surface area contributed by atoms with E-state index in [9.17, 15) is 14.9 Å². The second-order valence-corrected chi connectivity index (χ2v) is 5.01. The van der Waals surface area contributed by atoms with Crippen LogP contribution >= 0.6 is 0 Å². The van der Waals surface area contributed by atoms with Gasteiger partial charge >= 0.3 is 11.6 Å². The maximum Gasteiger partial charge on any atom is 0.346 e. The Morgan fingerprint density at radius 1 is 1.25 bits per heavy atom. The van der Waals surface area contributed by atoms with E-state index in [2.05, 4.69) is 0 Å². The number of para-hydroxylation sites is 2. The van der Waals surface area contributed by atoms with Crippen LogP contribution in [0.15, 0.2) is 24.3 Å². The van der Waals surface area contributed by atoms with Crippen LogP contribution in [0.4, 0.5) is 0 Å². The largest absolute Gasteiger partial charge is 0.805 e. The summed E-state index contributed by atoms with van der Waals surface area (Å²) in [5.41, 5.74) is 0.574. The van der Waals surface area contributed by atoms with Gasteiger partial charge in [-0.1, -0.05) is 12.1 Å². The van der Waals surface area contributed by atoms with E-state index in [-0.39, 0.29) is 28.3 Å². The summed E-state index contributed by atoms with van der Waals surface area (Å²) in [6.45, 7) is 2.80. The van der Waals surface area contributed by atoms with Crippen molar-refractivity contribution >= 4 is 16.9 Å². The average molecular weight is 273 g/mol. The van der Waals surface area contributed by atoms with Gasteiger partial charge in [0.2, 0.25) is 0 Å². The predicted molar refractivity (Wildman–Crippen MR) is 73.9 cm³/mol. The number of aromatic nitrogens is 2. The summed E-state index contributed by atoms with van der Waals surface area (Å²) < 4.78 is 1.24. The van der Waals surface area contributed by atoms with Gasteiger partial charge in [0, 0.05) is 24.1 Å². The SMILES string of the molecule is Cc1c(C(=O)N2CCCC2)[n+](=O)c2ccccc2n1[O-]. The van der Waals surface area contributed by atoms with Crippen molar-refractivity contribution in [2.75, 3.05) is 13.1 Å². The lowest BCUT2D eigenvalue weighted by Gasteiger charge is -2.18. The number of amides is 1. The van der Waals surface area contributed by atoms with Gasteiger partial charge in [0.25, 0.3) is 5.52 Å². The van der Waals surface area contributed by atoms with Crippen LogP contribution in [0, 0.1) is 17.0 Å². The summed E-state index contributed by atoms with van der Waals surface area (Å²) in [6.07, 6.45) is 1.88. The number of hydrogen-bond donors (Lipinski definition) is 0. The molecule has 0 spiro atoms. The molecule has 0 N–H and O–H groups in total. The molecule has 0 bridgehead atoms. The molecule has 1 aromatic heterocycles. The normalized spacial score (nSPS) is 14.9. The number of rotatable bonds is 1. The van der Waals surface area contributed by atoms with E-state index in [0.717, 1.165) is 12.8 Å². The number of fused-ring (bicyclic) bond motifs is 1. The van der Waals surface area contributed by atoms with Gasteiger partial charge in [-0.15, -0.1) is 0 Å². The van der Waals surface area contributed by atoms with Gasteiger partial charge in [0.1, 0.15) is 5.52 Å². The van der Waals surface area contributed by atoms with Crippen molar-refractivity contribution in [3.63, 3.8) is 0 Å². The molecule has 6 nitrogen and oxygen atoms in total. The fourth-order valence-corrected chi connectivity index (χ4v) is 2.66. The van der Waals surface area contributed by atoms with E-state index in [1.54, 1.807) is 29.2 Å². The second kappa shape index (κ2) is 4.63. The molecule has 1 saturated heterocycles. The van der Waals surface area contributed by atoms with Crippen LogP contribution in [0.1, 0.15) is 29.0 Å². The van der Waals surface area contributed by atoms with Crippen LogP contribution in [0.25, 0.3) is 11.0 Å². The minimum atomic E-state index is -0.356. The molecule has 3 rings (SSSR count). The van der Waals surface area contributed by atoms with E-state index in [4.69, 9.17) is 0 Å². The summed E-state index contributed by atoms with van der Waals surface area (Å²) in [4.78, 5) is 26.5. The molecule has 1 aliphatic heterocycles. The quantitative estimate of drug-likeness (QED) is 0.738.